The van der Waals surface area contributed by atoms with Crippen molar-refractivity contribution in [1.82, 2.24) is 10.3 Å². The summed E-state index contributed by atoms with van der Waals surface area (Å²) in [5, 5.41) is 5.04. The third-order valence-electron chi connectivity index (χ3n) is 3.73. The van der Waals surface area contributed by atoms with E-state index >= 15 is 0 Å². The Morgan fingerprint density at radius 1 is 1.00 bits per heavy atom. The molecule has 104 valence electrons. The van der Waals surface area contributed by atoms with Crippen molar-refractivity contribution in [2.24, 2.45) is 11.8 Å². The summed E-state index contributed by atoms with van der Waals surface area (Å²) in [5.41, 5.74) is 1.16. The fraction of sp³-hybridized carbons (Fsp3) is 0.800. The Hall–Kier alpha value is -0.410. The van der Waals surface area contributed by atoms with Crippen LogP contribution in [0.3, 0.4) is 0 Å². The lowest BCUT2D eigenvalue weighted by Gasteiger charge is -2.42. The van der Waals surface area contributed by atoms with Gasteiger partial charge in [-0.1, -0.05) is 27.7 Å². The van der Waals surface area contributed by atoms with Crippen LogP contribution >= 0.6 is 11.3 Å². The fourth-order valence-electron chi connectivity index (χ4n) is 2.68. The largest absolute Gasteiger partial charge is 0.303 e. The smallest absolute Gasteiger partial charge is 0.114 e. The summed E-state index contributed by atoms with van der Waals surface area (Å²) in [4.78, 5) is 6.17. The molecule has 0 radical (unpaired) electrons. The minimum atomic E-state index is -0.0160. The van der Waals surface area contributed by atoms with Crippen LogP contribution in [0, 0.1) is 25.7 Å². The van der Waals surface area contributed by atoms with Gasteiger partial charge in [0.2, 0.25) is 0 Å². The molecule has 1 aromatic rings. The monoisotopic (exact) mass is 268 g/mol. The summed E-state index contributed by atoms with van der Waals surface area (Å²) in [6, 6.07) is 0.458. The number of nitrogens with zero attached hydrogens (tertiary/aromatic N) is 1. The van der Waals surface area contributed by atoms with Gasteiger partial charge in [-0.25, -0.2) is 4.98 Å². The van der Waals surface area contributed by atoms with Crippen LogP contribution in [-0.4, -0.2) is 11.0 Å². The highest BCUT2D eigenvalue weighted by Crippen LogP contribution is 2.40. The van der Waals surface area contributed by atoms with Crippen LogP contribution in [0.4, 0.5) is 0 Å². The van der Waals surface area contributed by atoms with Crippen LogP contribution < -0.4 is 5.32 Å². The summed E-state index contributed by atoms with van der Waals surface area (Å²) in [7, 11) is 0. The molecule has 0 aliphatic heterocycles. The van der Waals surface area contributed by atoms with E-state index in [2.05, 4.69) is 60.7 Å². The average Bonchev–Trinajstić information content (AvgIpc) is 2.54. The maximum Gasteiger partial charge on any atom is 0.114 e. The fourth-order valence-corrected chi connectivity index (χ4v) is 4.05. The van der Waals surface area contributed by atoms with Gasteiger partial charge < -0.3 is 5.32 Å². The highest BCUT2D eigenvalue weighted by molar-refractivity contribution is 7.11. The maximum absolute atomic E-state index is 4.83. The first-order chi connectivity index (χ1) is 8.21. The Morgan fingerprint density at radius 2 is 1.50 bits per heavy atom. The number of rotatable bonds is 5. The first-order valence-electron chi connectivity index (χ1n) is 6.94. The zero-order valence-electron chi connectivity index (χ0n) is 13.1. The molecular formula is C15H28N2S. The van der Waals surface area contributed by atoms with Crippen LogP contribution in [0.15, 0.2) is 0 Å². The highest BCUT2D eigenvalue weighted by Gasteiger charge is 2.42. The van der Waals surface area contributed by atoms with Gasteiger partial charge in [0, 0.05) is 10.9 Å². The number of hydrogen-bond donors (Lipinski definition) is 1. The Balaban J connectivity index is 3.33. The molecule has 0 bridgehead atoms. The van der Waals surface area contributed by atoms with Crippen LogP contribution in [-0.2, 0) is 5.54 Å². The molecule has 0 atom stereocenters. The molecule has 0 aromatic carbocycles. The van der Waals surface area contributed by atoms with Crippen molar-refractivity contribution in [3.63, 3.8) is 0 Å². The standard InChI is InChI=1S/C15H28N2S/c1-9(2)15(10(3)4,17-11(5)6)14-16-12(7)13(8)18-14/h9-11,17H,1-8H3. The minimum Gasteiger partial charge on any atom is -0.303 e. The molecule has 0 aliphatic rings. The second-order valence-electron chi connectivity index (χ2n) is 6.14. The Kier molecular flexibility index (Phi) is 4.96. The lowest BCUT2D eigenvalue weighted by molar-refractivity contribution is 0.149. The zero-order valence-corrected chi connectivity index (χ0v) is 13.9. The van der Waals surface area contributed by atoms with Crippen molar-refractivity contribution < 1.29 is 0 Å². The van der Waals surface area contributed by atoms with Crippen LogP contribution in [0.1, 0.15) is 57.1 Å². The lowest BCUT2D eigenvalue weighted by atomic mass is 9.76. The molecule has 18 heavy (non-hydrogen) atoms. The summed E-state index contributed by atoms with van der Waals surface area (Å²) in [6.45, 7) is 17.9. The van der Waals surface area contributed by atoms with Crippen molar-refractivity contribution in [3.8, 4) is 0 Å². The molecule has 1 aromatic heterocycles. The molecule has 0 spiro atoms. The second-order valence-corrected chi connectivity index (χ2v) is 7.34. The van der Waals surface area contributed by atoms with Crippen molar-refractivity contribution in [2.75, 3.05) is 0 Å². The van der Waals surface area contributed by atoms with Crippen molar-refractivity contribution >= 4 is 11.3 Å². The first kappa shape index (κ1) is 15.6. The third-order valence-corrected chi connectivity index (χ3v) is 4.96. The molecule has 0 aliphatic carbocycles. The molecule has 1 N–H and O–H groups in total. The van der Waals surface area contributed by atoms with Crippen LogP contribution in [0.2, 0.25) is 0 Å². The molecule has 3 heteroatoms. The van der Waals surface area contributed by atoms with Crippen LogP contribution in [0.5, 0.6) is 0 Å². The van der Waals surface area contributed by atoms with E-state index in [9.17, 15) is 0 Å². The van der Waals surface area contributed by atoms with Crippen LogP contribution in [0.25, 0.3) is 0 Å². The van der Waals surface area contributed by atoms with Gasteiger partial charge in [0.15, 0.2) is 0 Å². The van der Waals surface area contributed by atoms with Gasteiger partial charge >= 0.3 is 0 Å². The van der Waals surface area contributed by atoms with Crippen molar-refractivity contribution in [1.29, 1.82) is 0 Å². The van der Waals surface area contributed by atoms with E-state index in [1.165, 1.54) is 15.6 Å². The van der Waals surface area contributed by atoms with Gasteiger partial charge in [-0.3, -0.25) is 0 Å². The molecule has 0 fully saturated rings. The lowest BCUT2D eigenvalue weighted by Crippen LogP contribution is -2.53. The van der Waals surface area contributed by atoms with E-state index in [1.54, 1.807) is 0 Å². The predicted octanol–water partition coefficient (Wildman–Crippen LogP) is 4.27. The Morgan fingerprint density at radius 3 is 1.78 bits per heavy atom. The Bertz CT molecular complexity index is 364. The zero-order chi connectivity index (χ0) is 14.1. The second kappa shape index (κ2) is 5.70. The van der Waals surface area contributed by atoms with E-state index < -0.39 is 0 Å². The van der Waals surface area contributed by atoms with Gasteiger partial charge in [-0.05, 0) is 39.5 Å². The Labute approximate surface area is 116 Å². The molecule has 2 nitrogen and oxygen atoms in total. The summed E-state index contributed by atoms with van der Waals surface area (Å²) < 4.78 is 0. The minimum absolute atomic E-state index is 0.0160. The van der Waals surface area contributed by atoms with Gasteiger partial charge in [0.1, 0.15) is 5.01 Å². The number of thiazole rings is 1. The molecule has 0 saturated carbocycles. The average molecular weight is 268 g/mol. The van der Waals surface area contributed by atoms with Gasteiger partial charge in [0.05, 0.1) is 11.2 Å². The SMILES string of the molecule is Cc1nc(C(NC(C)C)(C(C)C)C(C)C)sc1C. The van der Waals surface area contributed by atoms with E-state index in [-0.39, 0.29) is 5.54 Å². The third kappa shape index (κ3) is 2.77. The summed E-state index contributed by atoms with van der Waals surface area (Å²) in [5.74, 6) is 1.04. The summed E-state index contributed by atoms with van der Waals surface area (Å²) >= 11 is 1.85. The summed E-state index contributed by atoms with van der Waals surface area (Å²) in [6.07, 6.45) is 0. The van der Waals surface area contributed by atoms with Crippen molar-refractivity contribution in [2.45, 2.75) is 67.0 Å². The van der Waals surface area contributed by atoms with E-state index in [0.717, 1.165) is 0 Å². The first-order valence-corrected chi connectivity index (χ1v) is 7.75. The number of aryl methyl sites for hydroxylation is 2. The molecule has 0 saturated heterocycles. The number of aromatic nitrogens is 1. The van der Waals surface area contributed by atoms with E-state index in [1.807, 2.05) is 11.3 Å². The number of hydrogen-bond acceptors (Lipinski definition) is 3. The predicted molar refractivity (Wildman–Crippen MR) is 81.2 cm³/mol. The topological polar surface area (TPSA) is 24.9 Å². The van der Waals surface area contributed by atoms with Gasteiger partial charge in [-0.2, -0.15) is 0 Å². The molecule has 1 rings (SSSR count). The molecule has 1 heterocycles. The molecule has 0 amide bonds. The normalized spacial score (nSPS) is 13.1. The number of nitrogens with one attached hydrogen (secondary N) is 1. The maximum atomic E-state index is 4.83. The van der Waals surface area contributed by atoms with E-state index in [4.69, 9.17) is 4.98 Å². The quantitative estimate of drug-likeness (QED) is 0.863. The van der Waals surface area contributed by atoms with E-state index in [0.29, 0.717) is 17.9 Å². The van der Waals surface area contributed by atoms with Crippen molar-refractivity contribution in [3.05, 3.63) is 15.6 Å². The molecule has 0 unspecified atom stereocenters. The highest BCUT2D eigenvalue weighted by atomic mass is 32.1. The van der Waals surface area contributed by atoms with Gasteiger partial charge in [-0.15, -0.1) is 11.3 Å². The van der Waals surface area contributed by atoms with Gasteiger partial charge in [0.25, 0.3) is 0 Å². The molecular weight excluding hydrogens is 240 g/mol.